The summed E-state index contributed by atoms with van der Waals surface area (Å²) >= 11 is 1.37. The first-order valence-electron chi connectivity index (χ1n) is 8.93. The van der Waals surface area contributed by atoms with Crippen molar-refractivity contribution in [3.63, 3.8) is 0 Å². The first-order chi connectivity index (χ1) is 13.5. The highest BCUT2D eigenvalue weighted by atomic mass is 32.2. The zero-order valence-electron chi connectivity index (χ0n) is 15.7. The Hall–Kier alpha value is -2.81. The van der Waals surface area contributed by atoms with Crippen LogP contribution in [0, 0.1) is 11.7 Å². The molecular weight excluding hydrogens is 379 g/mol. The second-order valence-corrected chi connectivity index (χ2v) is 7.47. The van der Waals surface area contributed by atoms with Gasteiger partial charge in [-0.1, -0.05) is 30.8 Å². The number of benzene rings is 1. The van der Waals surface area contributed by atoms with E-state index in [9.17, 15) is 9.18 Å². The SMILES string of the molecule is CC(C)CCNC(=O)c1nnn(-c2ccc(F)cc2)c1CSc1ncccn1. The van der Waals surface area contributed by atoms with E-state index in [2.05, 4.69) is 39.4 Å². The van der Waals surface area contributed by atoms with Gasteiger partial charge in [0.15, 0.2) is 10.9 Å². The molecule has 0 aliphatic rings. The molecule has 0 aliphatic heterocycles. The highest BCUT2D eigenvalue weighted by Crippen LogP contribution is 2.23. The van der Waals surface area contributed by atoms with Gasteiger partial charge in [-0.3, -0.25) is 4.79 Å². The van der Waals surface area contributed by atoms with E-state index < -0.39 is 0 Å². The van der Waals surface area contributed by atoms with E-state index >= 15 is 0 Å². The normalized spacial score (nSPS) is 11.0. The van der Waals surface area contributed by atoms with Crippen molar-refractivity contribution in [1.82, 2.24) is 30.3 Å². The Morgan fingerprint density at radius 3 is 2.61 bits per heavy atom. The molecular formula is C19H21FN6OS. The molecule has 0 spiro atoms. The summed E-state index contributed by atoms with van der Waals surface area (Å²) in [6, 6.07) is 7.62. The number of rotatable bonds is 8. The highest BCUT2D eigenvalue weighted by Gasteiger charge is 2.21. The molecule has 146 valence electrons. The lowest BCUT2D eigenvalue weighted by atomic mass is 10.1. The van der Waals surface area contributed by atoms with Gasteiger partial charge in [0.1, 0.15) is 5.82 Å². The fourth-order valence-corrected chi connectivity index (χ4v) is 3.24. The standard InChI is InChI=1S/C19H21FN6OS/c1-13(2)8-11-21-18(27)17-16(12-28-19-22-9-3-10-23-19)26(25-24-17)15-6-4-14(20)5-7-15/h3-7,9-10,13H,8,11-12H2,1-2H3,(H,21,27). The van der Waals surface area contributed by atoms with Crippen LogP contribution in [0.3, 0.4) is 0 Å². The monoisotopic (exact) mass is 400 g/mol. The van der Waals surface area contributed by atoms with Gasteiger partial charge in [0, 0.05) is 24.7 Å². The first-order valence-corrected chi connectivity index (χ1v) is 9.91. The van der Waals surface area contributed by atoms with Gasteiger partial charge in [-0.05, 0) is 42.7 Å². The summed E-state index contributed by atoms with van der Waals surface area (Å²) in [5.41, 5.74) is 1.47. The number of thioether (sulfide) groups is 1. The van der Waals surface area contributed by atoms with E-state index in [0.29, 0.717) is 34.8 Å². The van der Waals surface area contributed by atoms with Crippen molar-refractivity contribution in [2.45, 2.75) is 31.2 Å². The lowest BCUT2D eigenvalue weighted by Crippen LogP contribution is -2.26. The van der Waals surface area contributed by atoms with Crippen LogP contribution < -0.4 is 5.32 Å². The molecule has 0 radical (unpaired) electrons. The van der Waals surface area contributed by atoms with Crippen LogP contribution in [-0.4, -0.2) is 37.4 Å². The molecule has 3 rings (SSSR count). The minimum absolute atomic E-state index is 0.247. The zero-order chi connectivity index (χ0) is 19.9. The van der Waals surface area contributed by atoms with Gasteiger partial charge in [0.25, 0.3) is 5.91 Å². The van der Waals surface area contributed by atoms with Gasteiger partial charge in [-0.2, -0.15) is 0 Å². The molecule has 1 amide bonds. The van der Waals surface area contributed by atoms with Crippen LogP contribution in [0.15, 0.2) is 47.9 Å². The van der Waals surface area contributed by atoms with E-state index in [1.165, 1.54) is 23.9 Å². The second-order valence-electron chi connectivity index (χ2n) is 6.53. The summed E-state index contributed by atoms with van der Waals surface area (Å²) in [4.78, 5) is 21.0. The number of nitrogens with zero attached hydrogens (tertiary/aromatic N) is 5. The quantitative estimate of drug-likeness (QED) is 0.461. The number of aromatic nitrogens is 5. The van der Waals surface area contributed by atoms with Crippen molar-refractivity contribution in [3.05, 3.63) is 59.9 Å². The van der Waals surface area contributed by atoms with E-state index in [4.69, 9.17) is 0 Å². The Bertz CT molecular complexity index is 914. The third-order valence-electron chi connectivity index (χ3n) is 3.94. The lowest BCUT2D eigenvalue weighted by Gasteiger charge is -2.09. The summed E-state index contributed by atoms with van der Waals surface area (Å²) in [6.07, 6.45) is 4.19. The third kappa shape index (κ3) is 5.13. The van der Waals surface area contributed by atoms with Crippen molar-refractivity contribution in [1.29, 1.82) is 0 Å². The maximum absolute atomic E-state index is 13.3. The van der Waals surface area contributed by atoms with Gasteiger partial charge in [-0.25, -0.2) is 19.0 Å². The Morgan fingerprint density at radius 1 is 1.21 bits per heavy atom. The summed E-state index contributed by atoms with van der Waals surface area (Å²) in [6.45, 7) is 4.76. The summed E-state index contributed by atoms with van der Waals surface area (Å²) < 4.78 is 14.8. The van der Waals surface area contributed by atoms with Crippen molar-refractivity contribution in [2.24, 2.45) is 5.92 Å². The summed E-state index contributed by atoms with van der Waals surface area (Å²) in [5.74, 6) is 0.254. The molecule has 1 aromatic carbocycles. The molecule has 0 saturated heterocycles. The van der Waals surface area contributed by atoms with Crippen LogP contribution in [0.4, 0.5) is 4.39 Å². The number of halogens is 1. The Labute approximate surface area is 166 Å². The Morgan fingerprint density at radius 2 is 1.93 bits per heavy atom. The van der Waals surface area contributed by atoms with Crippen molar-refractivity contribution >= 4 is 17.7 Å². The fraction of sp³-hybridized carbons (Fsp3) is 0.316. The van der Waals surface area contributed by atoms with Gasteiger partial charge >= 0.3 is 0 Å². The average Bonchev–Trinajstić information content (AvgIpc) is 3.11. The Balaban J connectivity index is 1.86. The first kappa shape index (κ1) is 19.9. The molecule has 0 unspecified atom stereocenters. The zero-order valence-corrected chi connectivity index (χ0v) is 16.5. The topological polar surface area (TPSA) is 85.6 Å². The van der Waals surface area contributed by atoms with Crippen molar-refractivity contribution < 1.29 is 9.18 Å². The Kier molecular flexibility index (Phi) is 6.70. The van der Waals surface area contributed by atoms with E-state index in [1.807, 2.05) is 0 Å². The van der Waals surface area contributed by atoms with Crippen LogP contribution >= 0.6 is 11.8 Å². The van der Waals surface area contributed by atoms with Crippen molar-refractivity contribution in [2.75, 3.05) is 6.54 Å². The third-order valence-corrected chi connectivity index (χ3v) is 4.82. The maximum atomic E-state index is 13.3. The highest BCUT2D eigenvalue weighted by molar-refractivity contribution is 7.98. The molecule has 1 N–H and O–H groups in total. The number of amides is 1. The van der Waals surface area contributed by atoms with Gasteiger partial charge < -0.3 is 5.32 Å². The number of carbonyl (C=O) groups excluding carboxylic acids is 1. The van der Waals surface area contributed by atoms with Crippen LogP contribution in [-0.2, 0) is 5.75 Å². The molecule has 0 aliphatic carbocycles. The molecule has 0 saturated carbocycles. The molecule has 9 heteroatoms. The van der Waals surface area contributed by atoms with E-state index in [0.717, 1.165) is 6.42 Å². The number of nitrogens with one attached hydrogen (secondary N) is 1. The smallest absolute Gasteiger partial charge is 0.273 e. The predicted octanol–water partition coefficient (Wildman–Crippen LogP) is 3.26. The molecule has 28 heavy (non-hydrogen) atoms. The predicted molar refractivity (Wildman–Crippen MR) is 105 cm³/mol. The van der Waals surface area contributed by atoms with Crippen LogP contribution in [0.5, 0.6) is 0 Å². The minimum Gasteiger partial charge on any atom is -0.351 e. The average molecular weight is 400 g/mol. The van der Waals surface area contributed by atoms with Crippen molar-refractivity contribution in [3.8, 4) is 5.69 Å². The molecule has 7 nitrogen and oxygen atoms in total. The second kappa shape index (κ2) is 9.41. The fourth-order valence-electron chi connectivity index (χ4n) is 2.45. The molecule has 0 fully saturated rings. The van der Waals surface area contributed by atoms with Crippen LogP contribution in [0.1, 0.15) is 36.5 Å². The van der Waals surface area contributed by atoms with Gasteiger partial charge in [-0.15, -0.1) is 5.10 Å². The maximum Gasteiger partial charge on any atom is 0.273 e. The van der Waals surface area contributed by atoms with Crippen LogP contribution in [0.2, 0.25) is 0 Å². The lowest BCUT2D eigenvalue weighted by molar-refractivity contribution is 0.0946. The number of hydrogen-bond donors (Lipinski definition) is 1. The summed E-state index contributed by atoms with van der Waals surface area (Å²) in [7, 11) is 0. The molecule has 0 atom stereocenters. The number of hydrogen-bond acceptors (Lipinski definition) is 6. The minimum atomic E-state index is -0.343. The summed E-state index contributed by atoms with van der Waals surface area (Å²) in [5, 5.41) is 11.7. The molecule has 2 aromatic heterocycles. The van der Waals surface area contributed by atoms with E-state index in [-0.39, 0.29) is 17.4 Å². The van der Waals surface area contributed by atoms with Gasteiger partial charge in [0.2, 0.25) is 0 Å². The number of carbonyl (C=O) groups is 1. The van der Waals surface area contributed by atoms with Crippen LogP contribution in [0.25, 0.3) is 5.69 Å². The largest absolute Gasteiger partial charge is 0.351 e. The molecule has 3 aromatic rings. The van der Waals surface area contributed by atoms with Gasteiger partial charge in [0.05, 0.1) is 11.4 Å². The van der Waals surface area contributed by atoms with E-state index in [1.54, 1.807) is 35.3 Å². The molecule has 2 heterocycles. The molecule has 0 bridgehead atoms.